The fourth-order valence-electron chi connectivity index (χ4n) is 2.97. The number of aromatic nitrogens is 2. The van der Waals surface area contributed by atoms with Crippen molar-refractivity contribution in [3.8, 4) is 0 Å². The number of thiazole rings is 2. The average Bonchev–Trinajstić information content (AvgIpc) is 3.29. The standard InChI is InChI=1S/C20H19FN4OS2/c1-24(2)11-6-12-25(20-23-17-13(21)7-5-10-16(17)28-20)19(26)18-22-14-8-3-4-9-15(14)27-18/h3-5,7-10H,6,11-12H2,1-2H3/p+1. The van der Waals surface area contributed by atoms with E-state index in [9.17, 15) is 9.18 Å². The van der Waals surface area contributed by atoms with Crippen molar-refractivity contribution in [2.45, 2.75) is 6.42 Å². The van der Waals surface area contributed by atoms with Crippen LogP contribution in [0.15, 0.2) is 42.5 Å². The Labute approximate surface area is 170 Å². The van der Waals surface area contributed by atoms with Crippen LogP contribution >= 0.6 is 22.7 Å². The number of benzene rings is 2. The van der Waals surface area contributed by atoms with E-state index in [-0.39, 0.29) is 11.7 Å². The summed E-state index contributed by atoms with van der Waals surface area (Å²) in [6, 6.07) is 12.6. The minimum absolute atomic E-state index is 0.186. The van der Waals surface area contributed by atoms with Gasteiger partial charge in [-0.2, -0.15) is 0 Å². The summed E-state index contributed by atoms with van der Waals surface area (Å²) in [6.07, 6.45) is 0.817. The summed E-state index contributed by atoms with van der Waals surface area (Å²) in [5.74, 6) is -0.556. The molecule has 0 atom stereocenters. The number of quaternary nitrogens is 1. The third kappa shape index (κ3) is 3.76. The maximum atomic E-state index is 14.1. The summed E-state index contributed by atoms with van der Waals surface area (Å²) in [7, 11) is 4.15. The monoisotopic (exact) mass is 415 g/mol. The first-order chi connectivity index (χ1) is 13.5. The second-order valence-corrected chi connectivity index (χ2v) is 8.88. The van der Waals surface area contributed by atoms with Crippen LogP contribution in [0, 0.1) is 5.82 Å². The number of hydrogen-bond acceptors (Lipinski definition) is 5. The molecule has 1 amide bonds. The Morgan fingerprint density at radius 1 is 1.07 bits per heavy atom. The van der Waals surface area contributed by atoms with Gasteiger partial charge in [-0.1, -0.05) is 29.5 Å². The highest BCUT2D eigenvalue weighted by molar-refractivity contribution is 7.23. The highest BCUT2D eigenvalue weighted by Crippen LogP contribution is 2.32. The fourth-order valence-corrected chi connectivity index (χ4v) is 4.89. The second-order valence-electron chi connectivity index (χ2n) is 6.84. The summed E-state index contributed by atoms with van der Waals surface area (Å²) in [5.41, 5.74) is 1.12. The van der Waals surface area contributed by atoms with Gasteiger partial charge in [0.1, 0.15) is 11.3 Å². The van der Waals surface area contributed by atoms with E-state index >= 15 is 0 Å². The number of nitrogens with one attached hydrogen (secondary N) is 1. The van der Waals surface area contributed by atoms with E-state index in [1.165, 1.54) is 33.6 Å². The van der Waals surface area contributed by atoms with E-state index in [2.05, 4.69) is 24.1 Å². The maximum absolute atomic E-state index is 14.1. The molecule has 0 bridgehead atoms. The largest absolute Gasteiger partial charge is 0.340 e. The molecule has 0 aliphatic rings. The summed E-state index contributed by atoms with van der Waals surface area (Å²) in [6.45, 7) is 1.43. The highest BCUT2D eigenvalue weighted by atomic mass is 32.1. The lowest BCUT2D eigenvalue weighted by Crippen LogP contribution is -3.05. The van der Waals surface area contributed by atoms with Gasteiger partial charge in [0.2, 0.25) is 0 Å². The average molecular weight is 416 g/mol. The van der Waals surface area contributed by atoms with Crippen LogP contribution in [-0.2, 0) is 0 Å². The number of fused-ring (bicyclic) bond motifs is 2. The summed E-state index contributed by atoms with van der Waals surface area (Å²) < 4.78 is 15.8. The molecule has 2 aromatic carbocycles. The highest BCUT2D eigenvalue weighted by Gasteiger charge is 2.25. The van der Waals surface area contributed by atoms with Crippen molar-refractivity contribution in [3.63, 3.8) is 0 Å². The smallest absolute Gasteiger partial charge is 0.289 e. The van der Waals surface area contributed by atoms with E-state index in [1.54, 1.807) is 11.0 Å². The topological polar surface area (TPSA) is 50.5 Å². The molecule has 0 aliphatic heterocycles. The van der Waals surface area contributed by atoms with Crippen molar-refractivity contribution in [1.82, 2.24) is 9.97 Å². The van der Waals surface area contributed by atoms with Gasteiger partial charge in [-0.3, -0.25) is 9.69 Å². The number of nitrogens with zero attached hydrogens (tertiary/aromatic N) is 3. The van der Waals surface area contributed by atoms with Crippen molar-refractivity contribution in [3.05, 3.63) is 53.3 Å². The minimum Gasteiger partial charge on any atom is -0.340 e. The molecule has 4 rings (SSSR count). The Bertz CT molecular complexity index is 1100. The molecule has 2 heterocycles. The van der Waals surface area contributed by atoms with Gasteiger partial charge in [0.15, 0.2) is 10.1 Å². The molecule has 0 radical (unpaired) electrons. The molecule has 0 unspecified atom stereocenters. The Kier molecular flexibility index (Phi) is 5.34. The third-order valence-corrected chi connectivity index (χ3v) is 6.44. The third-order valence-electron chi connectivity index (χ3n) is 4.37. The predicted molar refractivity (Wildman–Crippen MR) is 113 cm³/mol. The Morgan fingerprint density at radius 3 is 2.61 bits per heavy atom. The lowest BCUT2D eigenvalue weighted by atomic mass is 10.3. The van der Waals surface area contributed by atoms with Gasteiger partial charge in [-0.15, -0.1) is 11.3 Å². The number of carbonyl (C=O) groups is 1. The summed E-state index contributed by atoms with van der Waals surface area (Å²) in [4.78, 5) is 25.2. The molecule has 4 aromatic rings. The van der Waals surface area contributed by atoms with Crippen molar-refractivity contribution >= 4 is 54.1 Å². The fraction of sp³-hybridized carbons (Fsp3) is 0.250. The number of carbonyl (C=O) groups excluding carboxylic acids is 1. The maximum Gasteiger partial charge on any atom is 0.289 e. The predicted octanol–water partition coefficient (Wildman–Crippen LogP) is 3.23. The Hall–Kier alpha value is -2.42. The van der Waals surface area contributed by atoms with Crippen molar-refractivity contribution in [1.29, 1.82) is 0 Å². The molecule has 0 saturated heterocycles. The molecule has 0 saturated carbocycles. The van der Waals surface area contributed by atoms with Gasteiger partial charge in [0, 0.05) is 13.0 Å². The molecule has 2 aromatic heterocycles. The molecule has 0 spiro atoms. The molecular weight excluding hydrogens is 395 g/mol. The van der Waals surface area contributed by atoms with Crippen molar-refractivity contribution < 1.29 is 14.1 Å². The van der Waals surface area contributed by atoms with Gasteiger partial charge in [0.05, 0.1) is 35.6 Å². The van der Waals surface area contributed by atoms with Gasteiger partial charge in [0.25, 0.3) is 5.91 Å². The van der Waals surface area contributed by atoms with Crippen LogP contribution in [0.4, 0.5) is 9.52 Å². The molecule has 0 fully saturated rings. The number of halogens is 1. The molecule has 144 valence electrons. The first-order valence-electron chi connectivity index (χ1n) is 9.04. The Balaban J connectivity index is 1.71. The molecule has 5 nitrogen and oxygen atoms in total. The van der Waals surface area contributed by atoms with Crippen LogP contribution in [0.2, 0.25) is 0 Å². The van der Waals surface area contributed by atoms with Crippen LogP contribution in [0.1, 0.15) is 16.2 Å². The van der Waals surface area contributed by atoms with Crippen LogP contribution in [0.25, 0.3) is 20.4 Å². The Morgan fingerprint density at radius 2 is 1.86 bits per heavy atom. The van der Waals surface area contributed by atoms with Gasteiger partial charge in [-0.05, 0) is 24.3 Å². The zero-order chi connectivity index (χ0) is 19.7. The number of rotatable bonds is 6. The number of hydrogen-bond donors (Lipinski definition) is 1. The molecule has 1 N–H and O–H groups in total. The molecule has 28 heavy (non-hydrogen) atoms. The molecular formula is C20H20FN4OS2+. The van der Waals surface area contributed by atoms with Crippen LogP contribution in [-0.4, -0.2) is 43.1 Å². The van der Waals surface area contributed by atoms with Crippen molar-refractivity contribution in [2.75, 3.05) is 32.1 Å². The summed E-state index contributed by atoms with van der Waals surface area (Å²) in [5, 5.41) is 0.941. The van der Waals surface area contributed by atoms with E-state index in [4.69, 9.17) is 0 Å². The number of anilines is 1. The first-order valence-corrected chi connectivity index (χ1v) is 10.7. The van der Waals surface area contributed by atoms with Crippen LogP contribution in [0.3, 0.4) is 0 Å². The molecule has 0 aliphatic carbocycles. The second kappa shape index (κ2) is 7.90. The zero-order valence-corrected chi connectivity index (χ0v) is 17.2. The van der Waals surface area contributed by atoms with Crippen LogP contribution < -0.4 is 9.80 Å². The van der Waals surface area contributed by atoms with E-state index in [1.807, 2.05) is 30.3 Å². The van der Waals surface area contributed by atoms with Gasteiger partial charge < -0.3 is 4.90 Å². The lowest BCUT2D eigenvalue weighted by Gasteiger charge is -2.19. The lowest BCUT2D eigenvalue weighted by molar-refractivity contribution is -0.858. The van der Waals surface area contributed by atoms with Gasteiger partial charge >= 0.3 is 0 Å². The first kappa shape index (κ1) is 18.9. The van der Waals surface area contributed by atoms with E-state index in [0.29, 0.717) is 22.2 Å². The number of para-hydroxylation sites is 2. The quantitative estimate of drug-likeness (QED) is 0.526. The van der Waals surface area contributed by atoms with Crippen molar-refractivity contribution in [2.24, 2.45) is 0 Å². The van der Waals surface area contributed by atoms with E-state index in [0.717, 1.165) is 27.9 Å². The normalized spacial score (nSPS) is 11.6. The van der Waals surface area contributed by atoms with Crippen LogP contribution in [0.5, 0.6) is 0 Å². The minimum atomic E-state index is -0.370. The van der Waals surface area contributed by atoms with Gasteiger partial charge in [-0.25, -0.2) is 14.4 Å². The molecule has 8 heteroatoms. The SMILES string of the molecule is C[NH+](C)CCCN(C(=O)c1nc2ccccc2s1)c1nc2c(F)cccc2s1. The number of amides is 1. The zero-order valence-electron chi connectivity index (χ0n) is 15.6. The van der Waals surface area contributed by atoms with E-state index < -0.39 is 0 Å². The summed E-state index contributed by atoms with van der Waals surface area (Å²) >= 11 is 2.71.